The Morgan fingerprint density at radius 3 is 2.77 bits per heavy atom. The Labute approximate surface area is 181 Å². The van der Waals surface area contributed by atoms with Crippen LogP contribution in [-0.2, 0) is 17.8 Å². The molecule has 2 aromatic heterocycles. The molecule has 31 heavy (non-hydrogen) atoms. The van der Waals surface area contributed by atoms with Crippen molar-refractivity contribution in [2.75, 3.05) is 20.1 Å². The van der Waals surface area contributed by atoms with Crippen molar-refractivity contribution >= 4 is 5.91 Å². The van der Waals surface area contributed by atoms with E-state index < -0.39 is 5.41 Å². The zero-order valence-corrected chi connectivity index (χ0v) is 18.1. The van der Waals surface area contributed by atoms with E-state index >= 15 is 0 Å². The Balaban J connectivity index is 1.46. The number of aromatic nitrogens is 3. The van der Waals surface area contributed by atoms with Gasteiger partial charge in [0, 0.05) is 44.4 Å². The number of carbonyl (C=O) groups excluding carboxylic acids is 1. The number of likely N-dealkylation sites (tertiary alicyclic amines) is 1. The first-order valence-electron chi connectivity index (χ1n) is 10.6. The van der Waals surface area contributed by atoms with Crippen LogP contribution in [0.5, 0.6) is 0 Å². The molecule has 3 heterocycles. The zero-order valence-electron chi connectivity index (χ0n) is 18.1. The topological polar surface area (TPSA) is 76.2 Å². The first-order valence-corrected chi connectivity index (χ1v) is 10.6. The predicted octanol–water partition coefficient (Wildman–Crippen LogP) is 3.30. The van der Waals surface area contributed by atoms with E-state index in [2.05, 4.69) is 34.3 Å². The molecule has 0 saturated carbocycles. The van der Waals surface area contributed by atoms with Crippen LogP contribution in [0.25, 0.3) is 5.69 Å². The smallest absolute Gasteiger partial charge is 0.227 e. The van der Waals surface area contributed by atoms with Crippen LogP contribution in [0.2, 0.25) is 0 Å². The second kappa shape index (κ2) is 8.63. The van der Waals surface area contributed by atoms with Crippen molar-refractivity contribution in [3.8, 4) is 5.69 Å². The number of halogens is 1. The Kier molecular flexibility index (Phi) is 5.91. The van der Waals surface area contributed by atoms with Crippen LogP contribution < -0.4 is 5.32 Å². The van der Waals surface area contributed by atoms with Gasteiger partial charge < -0.3 is 9.84 Å². The van der Waals surface area contributed by atoms with Gasteiger partial charge >= 0.3 is 0 Å². The van der Waals surface area contributed by atoms with Crippen LogP contribution in [0.4, 0.5) is 4.39 Å². The highest BCUT2D eigenvalue weighted by molar-refractivity contribution is 5.83. The molecule has 1 saturated heterocycles. The molecule has 0 spiro atoms. The third kappa shape index (κ3) is 4.54. The number of nitrogens with one attached hydrogen (secondary N) is 1. The van der Waals surface area contributed by atoms with E-state index in [0.717, 1.165) is 35.7 Å². The molecular weight excluding hydrogens is 397 g/mol. The summed E-state index contributed by atoms with van der Waals surface area (Å²) in [5.74, 6) is 0.787. The lowest BCUT2D eigenvalue weighted by Gasteiger charge is -2.26. The molecule has 1 amide bonds. The highest BCUT2D eigenvalue weighted by Crippen LogP contribution is 2.36. The van der Waals surface area contributed by atoms with E-state index in [1.807, 2.05) is 18.5 Å². The average molecular weight is 426 g/mol. The molecule has 0 aliphatic carbocycles. The van der Waals surface area contributed by atoms with E-state index in [4.69, 9.17) is 4.52 Å². The van der Waals surface area contributed by atoms with Crippen molar-refractivity contribution in [3.63, 3.8) is 0 Å². The van der Waals surface area contributed by atoms with Crippen molar-refractivity contribution < 1.29 is 13.7 Å². The Morgan fingerprint density at radius 1 is 1.32 bits per heavy atom. The summed E-state index contributed by atoms with van der Waals surface area (Å²) in [5.41, 5.74) is 2.21. The summed E-state index contributed by atoms with van der Waals surface area (Å²) in [7, 11) is 1.68. The highest BCUT2D eigenvalue weighted by atomic mass is 19.1. The summed E-state index contributed by atoms with van der Waals surface area (Å²) in [5, 5.41) is 11.4. The summed E-state index contributed by atoms with van der Waals surface area (Å²) >= 11 is 0. The molecule has 0 radical (unpaired) electrons. The number of nitrogens with zero attached hydrogens (tertiary/aromatic N) is 4. The fraction of sp³-hybridized carbons (Fsp3) is 0.435. The third-order valence-corrected chi connectivity index (χ3v) is 5.96. The van der Waals surface area contributed by atoms with Crippen LogP contribution in [0.15, 0.2) is 47.2 Å². The van der Waals surface area contributed by atoms with E-state index in [0.29, 0.717) is 19.5 Å². The van der Waals surface area contributed by atoms with Crippen molar-refractivity contribution in [1.82, 2.24) is 25.2 Å². The molecule has 4 rings (SSSR count). The Hall–Kier alpha value is -3.00. The fourth-order valence-corrected chi connectivity index (χ4v) is 4.22. The predicted molar refractivity (Wildman–Crippen MR) is 114 cm³/mol. The lowest BCUT2D eigenvalue weighted by molar-refractivity contribution is -0.130. The van der Waals surface area contributed by atoms with Crippen LogP contribution in [0.3, 0.4) is 0 Å². The normalized spacial score (nSPS) is 19.3. The van der Waals surface area contributed by atoms with Crippen molar-refractivity contribution in [3.05, 3.63) is 65.6 Å². The maximum absolute atomic E-state index is 13.2. The summed E-state index contributed by atoms with van der Waals surface area (Å²) in [6.45, 7) is 6.26. The SMILES string of the molecule is CNC(=O)C1(Cc2cc(C(C)C)no2)CCN(Cc2cnn(-c3ccc(F)cc3)c2)C1. The molecule has 3 aromatic rings. The molecule has 1 aliphatic rings. The van der Waals surface area contributed by atoms with Gasteiger partial charge in [-0.15, -0.1) is 0 Å². The number of benzene rings is 1. The first-order chi connectivity index (χ1) is 14.9. The Morgan fingerprint density at radius 2 is 2.10 bits per heavy atom. The minimum Gasteiger partial charge on any atom is -0.361 e. The van der Waals surface area contributed by atoms with Crippen molar-refractivity contribution in [2.24, 2.45) is 5.41 Å². The molecular formula is C23H28FN5O2. The summed E-state index contributed by atoms with van der Waals surface area (Å²) in [6.07, 6.45) is 5.03. The average Bonchev–Trinajstić information content (AvgIpc) is 3.49. The van der Waals surface area contributed by atoms with Crippen LogP contribution in [-0.4, -0.2) is 45.9 Å². The van der Waals surface area contributed by atoms with Crippen molar-refractivity contribution in [2.45, 2.75) is 39.2 Å². The second-order valence-corrected chi connectivity index (χ2v) is 8.64. The molecule has 1 unspecified atom stereocenters. The van der Waals surface area contributed by atoms with Gasteiger partial charge in [-0.25, -0.2) is 9.07 Å². The second-order valence-electron chi connectivity index (χ2n) is 8.64. The number of rotatable bonds is 7. The van der Waals surface area contributed by atoms with Gasteiger partial charge in [-0.1, -0.05) is 19.0 Å². The first kappa shape index (κ1) is 21.2. The van der Waals surface area contributed by atoms with Crippen LogP contribution >= 0.6 is 0 Å². The molecule has 1 fully saturated rings. The summed E-state index contributed by atoms with van der Waals surface area (Å²) in [4.78, 5) is 15.1. The lowest BCUT2D eigenvalue weighted by Crippen LogP contribution is -2.43. The molecule has 7 nitrogen and oxygen atoms in total. The fourth-order valence-electron chi connectivity index (χ4n) is 4.22. The van der Waals surface area contributed by atoms with Gasteiger partial charge in [0.2, 0.25) is 5.91 Å². The van der Waals surface area contributed by atoms with Gasteiger partial charge in [-0.3, -0.25) is 9.69 Å². The van der Waals surface area contributed by atoms with Gasteiger partial charge in [-0.2, -0.15) is 5.10 Å². The van der Waals surface area contributed by atoms with E-state index in [1.54, 1.807) is 23.9 Å². The summed E-state index contributed by atoms with van der Waals surface area (Å²) in [6, 6.07) is 8.19. The lowest BCUT2D eigenvalue weighted by atomic mass is 9.81. The highest BCUT2D eigenvalue weighted by Gasteiger charge is 2.45. The number of hydrogen-bond donors (Lipinski definition) is 1. The van der Waals surface area contributed by atoms with Crippen LogP contribution in [0, 0.1) is 11.2 Å². The molecule has 1 atom stereocenters. The van der Waals surface area contributed by atoms with Gasteiger partial charge in [0.15, 0.2) is 0 Å². The van der Waals surface area contributed by atoms with E-state index in [-0.39, 0.29) is 17.6 Å². The molecule has 1 N–H and O–H groups in total. The number of carbonyl (C=O) groups is 1. The quantitative estimate of drug-likeness (QED) is 0.629. The van der Waals surface area contributed by atoms with Gasteiger partial charge in [-0.05, 0) is 43.1 Å². The third-order valence-electron chi connectivity index (χ3n) is 5.96. The largest absolute Gasteiger partial charge is 0.361 e. The number of hydrogen-bond acceptors (Lipinski definition) is 5. The maximum atomic E-state index is 13.2. The number of amides is 1. The monoisotopic (exact) mass is 425 g/mol. The minimum atomic E-state index is -0.546. The van der Waals surface area contributed by atoms with Crippen molar-refractivity contribution in [1.29, 1.82) is 0 Å². The molecule has 1 aromatic carbocycles. The molecule has 8 heteroatoms. The van der Waals surface area contributed by atoms with Crippen LogP contribution in [0.1, 0.15) is 43.2 Å². The summed E-state index contributed by atoms with van der Waals surface area (Å²) < 4.78 is 20.4. The molecule has 164 valence electrons. The zero-order chi connectivity index (χ0) is 22.0. The minimum absolute atomic E-state index is 0.0273. The standard InChI is InChI=1S/C23H28FN5O2/c1-16(2)21-10-20(31-27-21)11-23(22(30)25-3)8-9-28(15-23)13-17-12-26-29(14-17)19-6-4-18(24)5-7-19/h4-7,10,12,14,16H,8-9,11,13,15H2,1-3H3,(H,25,30). The Bertz CT molecular complexity index is 1040. The van der Waals surface area contributed by atoms with Gasteiger partial charge in [0.1, 0.15) is 11.6 Å². The van der Waals surface area contributed by atoms with Gasteiger partial charge in [0.05, 0.1) is 23.0 Å². The van der Waals surface area contributed by atoms with Gasteiger partial charge in [0.25, 0.3) is 0 Å². The molecule has 1 aliphatic heterocycles. The van der Waals surface area contributed by atoms with E-state index in [1.165, 1.54) is 12.1 Å². The molecule has 0 bridgehead atoms. The maximum Gasteiger partial charge on any atom is 0.227 e. The van der Waals surface area contributed by atoms with E-state index in [9.17, 15) is 9.18 Å².